The lowest BCUT2D eigenvalue weighted by atomic mass is 10.0. The van der Waals surface area contributed by atoms with E-state index < -0.39 is 0 Å². The van der Waals surface area contributed by atoms with Crippen molar-refractivity contribution in [2.45, 2.75) is 6.92 Å². The summed E-state index contributed by atoms with van der Waals surface area (Å²) >= 11 is 0. The smallest absolute Gasteiger partial charge is 0.0540 e. The third-order valence-corrected chi connectivity index (χ3v) is 4.80. The summed E-state index contributed by atoms with van der Waals surface area (Å²) in [6.45, 7) is 18.4. The van der Waals surface area contributed by atoms with Gasteiger partial charge >= 0.3 is 0 Å². The van der Waals surface area contributed by atoms with Crippen molar-refractivity contribution in [1.29, 1.82) is 0 Å². The summed E-state index contributed by atoms with van der Waals surface area (Å²) in [5, 5.41) is 1.99. The third kappa shape index (κ3) is 3.60. The lowest BCUT2D eigenvalue weighted by Gasteiger charge is -2.29. The van der Waals surface area contributed by atoms with E-state index in [1.807, 2.05) is 48.6 Å². The maximum atomic E-state index is 4.22. The molecule has 0 atom stereocenters. The standard InChI is InChI=1S/C27H25N/c1-6-22-13-11-15-27(24(22)7-2)28(23-18-16-20(4)17-19-23)26(8-3)25-14-10-9-12-21(25)5/h6-19H,1-3,5H2,4H3/b26-25+. The van der Waals surface area contributed by atoms with Crippen LogP contribution in [-0.4, -0.2) is 0 Å². The normalized spacial score (nSPS) is 11.5. The number of hydrogen-bond donors (Lipinski definition) is 0. The fraction of sp³-hybridized carbons (Fsp3) is 0.0370. The molecule has 0 aliphatic heterocycles. The van der Waals surface area contributed by atoms with Crippen LogP contribution in [0.5, 0.6) is 0 Å². The Morgan fingerprint density at radius 3 is 2.14 bits per heavy atom. The maximum Gasteiger partial charge on any atom is 0.0540 e. The Balaban J connectivity index is 2.43. The first kappa shape index (κ1) is 19.2. The molecule has 0 amide bonds. The fourth-order valence-corrected chi connectivity index (χ4v) is 3.36. The SMILES string of the molecule is C=C/C(=c1/ccccc1=C)N(c1ccc(C)cc1)c1cccc(C=C)c1C=C. The molecule has 3 aromatic carbocycles. The highest BCUT2D eigenvalue weighted by Gasteiger charge is 2.17. The lowest BCUT2D eigenvalue weighted by Crippen LogP contribution is -2.31. The summed E-state index contributed by atoms with van der Waals surface area (Å²) in [6, 6.07) is 22.8. The summed E-state index contributed by atoms with van der Waals surface area (Å²) in [4.78, 5) is 2.21. The van der Waals surface area contributed by atoms with Gasteiger partial charge in [0.25, 0.3) is 0 Å². The Morgan fingerprint density at radius 2 is 1.54 bits per heavy atom. The predicted molar refractivity (Wildman–Crippen MR) is 125 cm³/mol. The summed E-state index contributed by atoms with van der Waals surface area (Å²) in [7, 11) is 0. The minimum Gasteiger partial charge on any atom is -0.309 e. The fourth-order valence-electron chi connectivity index (χ4n) is 3.36. The zero-order chi connectivity index (χ0) is 20.1. The second kappa shape index (κ2) is 8.41. The van der Waals surface area contributed by atoms with Gasteiger partial charge < -0.3 is 4.90 Å². The number of nitrogens with zero attached hydrogens (tertiary/aromatic N) is 1. The van der Waals surface area contributed by atoms with Crippen LogP contribution in [0.3, 0.4) is 0 Å². The molecule has 0 bridgehead atoms. The van der Waals surface area contributed by atoms with Crippen molar-refractivity contribution in [3.8, 4) is 0 Å². The van der Waals surface area contributed by atoms with E-state index >= 15 is 0 Å². The van der Waals surface area contributed by atoms with Gasteiger partial charge in [-0.15, -0.1) is 0 Å². The van der Waals surface area contributed by atoms with Gasteiger partial charge in [-0.2, -0.15) is 0 Å². The molecule has 138 valence electrons. The van der Waals surface area contributed by atoms with Crippen molar-refractivity contribution >= 4 is 35.8 Å². The first-order valence-corrected chi connectivity index (χ1v) is 9.26. The zero-order valence-corrected chi connectivity index (χ0v) is 16.4. The molecular formula is C27H25N. The van der Waals surface area contributed by atoms with Crippen LogP contribution in [0, 0.1) is 6.92 Å². The van der Waals surface area contributed by atoms with Gasteiger partial charge in [0.1, 0.15) is 0 Å². The van der Waals surface area contributed by atoms with E-state index in [0.29, 0.717) is 0 Å². The molecule has 0 aliphatic rings. The van der Waals surface area contributed by atoms with E-state index in [0.717, 1.165) is 38.6 Å². The second-order valence-corrected chi connectivity index (χ2v) is 6.61. The van der Waals surface area contributed by atoms with Crippen LogP contribution >= 0.6 is 0 Å². The van der Waals surface area contributed by atoms with Crippen molar-refractivity contribution in [1.82, 2.24) is 0 Å². The topological polar surface area (TPSA) is 3.24 Å². The van der Waals surface area contributed by atoms with Gasteiger partial charge in [-0.3, -0.25) is 0 Å². The zero-order valence-electron chi connectivity index (χ0n) is 16.4. The second-order valence-electron chi connectivity index (χ2n) is 6.61. The van der Waals surface area contributed by atoms with Crippen molar-refractivity contribution in [2.24, 2.45) is 0 Å². The largest absolute Gasteiger partial charge is 0.309 e. The van der Waals surface area contributed by atoms with E-state index in [1.54, 1.807) is 0 Å². The molecule has 1 heteroatoms. The van der Waals surface area contributed by atoms with Crippen molar-refractivity contribution in [3.05, 3.63) is 120 Å². The average Bonchev–Trinajstić information content (AvgIpc) is 2.73. The van der Waals surface area contributed by atoms with Gasteiger partial charge in [0.05, 0.1) is 11.4 Å². The highest BCUT2D eigenvalue weighted by Crippen LogP contribution is 2.35. The Bertz CT molecular complexity index is 1130. The van der Waals surface area contributed by atoms with Crippen LogP contribution in [0.2, 0.25) is 0 Å². The monoisotopic (exact) mass is 363 g/mol. The van der Waals surface area contributed by atoms with Crippen LogP contribution < -0.4 is 15.3 Å². The molecule has 3 aromatic rings. The number of hydrogen-bond acceptors (Lipinski definition) is 1. The van der Waals surface area contributed by atoms with Crippen LogP contribution in [0.1, 0.15) is 16.7 Å². The van der Waals surface area contributed by atoms with E-state index in [1.165, 1.54) is 5.56 Å². The molecule has 0 radical (unpaired) electrons. The minimum atomic E-state index is 0.953. The number of aryl methyl sites for hydroxylation is 1. The van der Waals surface area contributed by atoms with E-state index in [-0.39, 0.29) is 0 Å². The van der Waals surface area contributed by atoms with Crippen LogP contribution in [0.4, 0.5) is 11.4 Å². The molecule has 1 nitrogen and oxygen atoms in total. The Labute approximate surface area is 167 Å². The van der Waals surface area contributed by atoms with Crippen molar-refractivity contribution in [2.75, 3.05) is 4.90 Å². The molecule has 0 N–H and O–H groups in total. The van der Waals surface area contributed by atoms with Gasteiger partial charge in [0.2, 0.25) is 0 Å². The van der Waals surface area contributed by atoms with Crippen molar-refractivity contribution < 1.29 is 0 Å². The predicted octanol–water partition coefficient (Wildman–Crippen LogP) is 5.82. The summed E-state index contributed by atoms with van der Waals surface area (Å²) < 4.78 is 0. The average molecular weight is 364 g/mol. The quantitative estimate of drug-likeness (QED) is 0.533. The summed E-state index contributed by atoms with van der Waals surface area (Å²) in [6.07, 6.45) is 5.62. The third-order valence-electron chi connectivity index (χ3n) is 4.80. The van der Waals surface area contributed by atoms with E-state index in [9.17, 15) is 0 Å². The number of benzene rings is 3. The highest BCUT2D eigenvalue weighted by atomic mass is 15.1. The molecule has 0 heterocycles. The Kier molecular flexibility index (Phi) is 5.76. The Hall–Kier alpha value is -3.58. The molecule has 0 spiro atoms. The molecule has 0 fully saturated rings. The molecule has 28 heavy (non-hydrogen) atoms. The van der Waals surface area contributed by atoms with Crippen LogP contribution in [-0.2, 0) is 0 Å². The van der Waals surface area contributed by atoms with E-state index in [4.69, 9.17) is 0 Å². The van der Waals surface area contributed by atoms with Crippen LogP contribution in [0.25, 0.3) is 24.4 Å². The van der Waals surface area contributed by atoms with Gasteiger partial charge in [0.15, 0.2) is 0 Å². The number of anilines is 2. The van der Waals surface area contributed by atoms with Crippen molar-refractivity contribution in [3.63, 3.8) is 0 Å². The first-order valence-electron chi connectivity index (χ1n) is 9.26. The molecular weight excluding hydrogens is 338 g/mol. The summed E-state index contributed by atoms with van der Waals surface area (Å²) in [5.74, 6) is 0. The molecule has 0 unspecified atom stereocenters. The minimum absolute atomic E-state index is 0.953. The highest BCUT2D eigenvalue weighted by molar-refractivity contribution is 5.90. The summed E-state index contributed by atoms with van der Waals surface area (Å²) in [5.41, 5.74) is 6.32. The molecule has 0 saturated heterocycles. The molecule has 0 saturated carbocycles. The van der Waals surface area contributed by atoms with Gasteiger partial charge in [-0.25, -0.2) is 0 Å². The Morgan fingerprint density at radius 1 is 0.821 bits per heavy atom. The lowest BCUT2D eigenvalue weighted by molar-refractivity contribution is 1.27. The van der Waals surface area contributed by atoms with Gasteiger partial charge in [-0.05, 0) is 42.0 Å². The maximum absolute atomic E-state index is 4.22. The first-order chi connectivity index (χ1) is 13.6. The molecule has 3 rings (SSSR count). The molecule has 0 aliphatic carbocycles. The van der Waals surface area contributed by atoms with Gasteiger partial charge in [-0.1, -0.05) is 92.6 Å². The number of rotatable bonds is 6. The van der Waals surface area contributed by atoms with Crippen LogP contribution in [0.15, 0.2) is 92.5 Å². The van der Waals surface area contributed by atoms with Gasteiger partial charge in [0, 0.05) is 16.5 Å². The van der Waals surface area contributed by atoms with E-state index in [2.05, 4.69) is 74.5 Å². The molecule has 0 aromatic heterocycles.